The van der Waals surface area contributed by atoms with Crippen LogP contribution < -0.4 is 5.32 Å². The second-order valence-corrected chi connectivity index (χ2v) is 4.58. The molecular formula is C15H22N2. The molecule has 2 rings (SSSR count). The van der Waals surface area contributed by atoms with Gasteiger partial charge in [-0.25, -0.2) is 0 Å². The lowest BCUT2D eigenvalue weighted by Gasteiger charge is -2.06. The van der Waals surface area contributed by atoms with Gasteiger partial charge in [-0.2, -0.15) is 0 Å². The summed E-state index contributed by atoms with van der Waals surface area (Å²) < 4.78 is 2.35. The van der Waals surface area contributed by atoms with Gasteiger partial charge in [-0.1, -0.05) is 26.0 Å². The minimum atomic E-state index is 0.973. The fraction of sp³-hybridized carbons (Fsp3) is 0.467. The topological polar surface area (TPSA) is 17.0 Å². The predicted molar refractivity (Wildman–Crippen MR) is 74.2 cm³/mol. The maximum atomic E-state index is 3.45. The van der Waals surface area contributed by atoms with Gasteiger partial charge in [0.2, 0.25) is 0 Å². The van der Waals surface area contributed by atoms with Crippen LogP contribution in [-0.2, 0) is 13.1 Å². The van der Waals surface area contributed by atoms with Gasteiger partial charge in [0.05, 0.1) is 0 Å². The zero-order chi connectivity index (χ0) is 12.1. The van der Waals surface area contributed by atoms with Crippen LogP contribution in [0.3, 0.4) is 0 Å². The fourth-order valence-corrected chi connectivity index (χ4v) is 2.18. The average molecular weight is 230 g/mol. The van der Waals surface area contributed by atoms with Crippen LogP contribution >= 0.6 is 0 Å². The predicted octanol–water partition coefficient (Wildman–Crippen LogP) is 3.55. The molecule has 2 heteroatoms. The van der Waals surface area contributed by atoms with Crippen LogP contribution in [0.2, 0.25) is 0 Å². The maximum Gasteiger partial charge on any atom is 0.0483 e. The second kappa shape index (κ2) is 5.87. The summed E-state index contributed by atoms with van der Waals surface area (Å²) in [6, 6.07) is 8.97. The first-order chi connectivity index (χ1) is 8.35. The molecule has 1 aromatic heterocycles. The SMILES string of the molecule is CCCNCc1ccc2ccn(CCC)c2c1. The summed E-state index contributed by atoms with van der Waals surface area (Å²) >= 11 is 0. The van der Waals surface area contributed by atoms with Crippen molar-refractivity contribution < 1.29 is 0 Å². The number of rotatable bonds is 6. The molecule has 1 aromatic carbocycles. The monoisotopic (exact) mass is 230 g/mol. The van der Waals surface area contributed by atoms with E-state index in [0.717, 1.165) is 19.6 Å². The average Bonchev–Trinajstić information content (AvgIpc) is 2.73. The first-order valence-corrected chi connectivity index (χ1v) is 6.63. The number of nitrogens with one attached hydrogen (secondary N) is 1. The smallest absolute Gasteiger partial charge is 0.0483 e. The molecule has 0 spiro atoms. The van der Waals surface area contributed by atoms with E-state index in [1.807, 2.05) is 0 Å². The highest BCUT2D eigenvalue weighted by Crippen LogP contribution is 2.18. The molecule has 2 nitrogen and oxygen atoms in total. The van der Waals surface area contributed by atoms with Crippen molar-refractivity contribution in [3.63, 3.8) is 0 Å². The highest BCUT2D eigenvalue weighted by Gasteiger charge is 2.01. The highest BCUT2D eigenvalue weighted by molar-refractivity contribution is 5.80. The second-order valence-electron chi connectivity index (χ2n) is 4.58. The van der Waals surface area contributed by atoms with Crippen LogP contribution in [0.25, 0.3) is 10.9 Å². The van der Waals surface area contributed by atoms with Gasteiger partial charge in [-0.3, -0.25) is 0 Å². The third-order valence-electron chi connectivity index (χ3n) is 3.06. The minimum absolute atomic E-state index is 0.973. The molecule has 0 fully saturated rings. The number of nitrogens with zero attached hydrogens (tertiary/aromatic N) is 1. The number of hydrogen-bond acceptors (Lipinski definition) is 1. The standard InChI is InChI=1S/C15H22N2/c1-3-8-16-12-13-5-6-14-7-10-17(9-4-2)15(14)11-13/h5-7,10-11,16H,3-4,8-9,12H2,1-2H3. The molecular weight excluding hydrogens is 208 g/mol. The zero-order valence-corrected chi connectivity index (χ0v) is 10.9. The Morgan fingerprint density at radius 3 is 2.76 bits per heavy atom. The fourth-order valence-electron chi connectivity index (χ4n) is 2.18. The van der Waals surface area contributed by atoms with Crippen molar-refractivity contribution in [1.82, 2.24) is 9.88 Å². The number of aromatic nitrogens is 1. The Morgan fingerprint density at radius 2 is 2.00 bits per heavy atom. The number of hydrogen-bond donors (Lipinski definition) is 1. The Kier molecular flexibility index (Phi) is 4.21. The van der Waals surface area contributed by atoms with Crippen molar-refractivity contribution in [2.75, 3.05) is 6.54 Å². The molecule has 17 heavy (non-hydrogen) atoms. The highest BCUT2D eigenvalue weighted by atomic mass is 14.9. The molecule has 0 unspecified atom stereocenters. The third-order valence-corrected chi connectivity index (χ3v) is 3.06. The van der Waals surface area contributed by atoms with Crippen molar-refractivity contribution in [3.05, 3.63) is 36.0 Å². The summed E-state index contributed by atoms with van der Waals surface area (Å²) in [4.78, 5) is 0. The number of benzene rings is 1. The van der Waals surface area contributed by atoms with Crippen molar-refractivity contribution in [2.45, 2.75) is 39.8 Å². The van der Waals surface area contributed by atoms with Crippen molar-refractivity contribution in [3.8, 4) is 0 Å². The van der Waals surface area contributed by atoms with E-state index in [1.54, 1.807) is 0 Å². The summed E-state index contributed by atoms with van der Waals surface area (Å²) in [5.41, 5.74) is 2.74. The Hall–Kier alpha value is -1.28. The van der Waals surface area contributed by atoms with Crippen molar-refractivity contribution in [2.24, 2.45) is 0 Å². The molecule has 0 saturated heterocycles. The van der Waals surface area contributed by atoms with E-state index in [2.05, 4.69) is 54.2 Å². The Bertz CT molecular complexity index is 471. The molecule has 2 aromatic rings. The van der Waals surface area contributed by atoms with Gasteiger partial charge in [-0.15, -0.1) is 0 Å². The van der Waals surface area contributed by atoms with Gasteiger partial charge in [0.25, 0.3) is 0 Å². The number of aryl methyl sites for hydroxylation is 1. The van der Waals surface area contributed by atoms with Crippen LogP contribution in [0.1, 0.15) is 32.3 Å². The Balaban J connectivity index is 2.18. The van der Waals surface area contributed by atoms with E-state index < -0.39 is 0 Å². The summed E-state index contributed by atoms with van der Waals surface area (Å²) in [6.07, 6.45) is 4.56. The van der Waals surface area contributed by atoms with Crippen LogP contribution in [0.4, 0.5) is 0 Å². The minimum Gasteiger partial charge on any atom is -0.347 e. The molecule has 0 aliphatic heterocycles. The Labute approximate surface area is 104 Å². The molecule has 0 amide bonds. The van der Waals surface area contributed by atoms with Gasteiger partial charge < -0.3 is 9.88 Å². The lowest BCUT2D eigenvalue weighted by Crippen LogP contribution is -2.13. The van der Waals surface area contributed by atoms with Crippen LogP contribution in [0.5, 0.6) is 0 Å². The quantitative estimate of drug-likeness (QED) is 0.751. The molecule has 0 aliphatic rings. The first-order valence-electron chi connectivity index (χ1n) is 6.63. The molecule has 1 heterocycles. The van der Waals surface area contributed by atoms with E-state index in [-0.39, 0.29) is 0 Å². The van der Waals surface area contributed by atoms with E-state index in [9.17, 15) is 0 Å². The van der Waals surface area contributed by atoms with Crippen LogP contribution in [0.15, 0.2) is 30.5 Å². The van der Waals surface area contributed by atoms with Gasteiger partial charge in [0.15, 0.2) is 0 Å². The van der Waals surface area contributed by atoms with Gasteiger partial charge in [0, 0.05) is 24.8 Å². The zero-order valence-electron chi connectivity index (χ0n) is 10.9. The molecule has 0 atom stereocenters. The molecule has 0 saturated carbocycles. The van der Waals surface area contributed by atoms with E-state index in [4.69, 9.17) is 0 Å². The third kappa shape index (κ3) is 2.89. The summed E-state index contributed by atoms with van der Waals surface area (Å²) in [5.74, 6) is 0. The molecule has 1 N–H and O–H groups in total. The van der Waals surface area contributed by atoms with Crippen LogP contribution in [0, 0.1) is 0 Å². The lowest BCUT2D eigenvalue weighted by atomic mass is 10.1. The van der Waals surface area contributed by atoms with Gasteiger partial charge in [0.1, 0.15) is 0 Å². The molecule has 0 radical (unpaired) electrons. The number of fused-ring (bicyclic) bond motifs is 1. The first kappa shape index (κ1) is 12.2. The molecule has 0 bridgehead atoms. The summed E-state index contributed by atoms with van der Waals surface area (Å²) in [7, 11) is 0. The molecule has 92 valence electrons. The summed E-state index contributed by atoms with van der Waals surface area (Å²) in [6.45, 7) is 7.59. The van der Waals surface area contributed by atoms with Gasteiger partial charge >= 0.3 is 0 Å². The van der Waals surface area contributed by atoms with E-state index in [0.29, 0.717) is 0 Å². The van der Waals surface area contributed by atoms with Crippen molar-refractivity contribution >= 4 is 10.9 Å². The lowest BCUT2D eigenvalue weighted by molar-refractivity contribution is 0.674. The summed E-state index contributed by atoms with van der Waals surface area (Å²) in [5, 5.41) is 4.80. The molecule has 0 aliphatic carbocycles. The Morgan fingerprint density at radius 1 is 1.12 bits per heavy atom. The largest absolute Gasteiger partial charge is 0.347 e. The van der Waals surface area contributed by atoms with Gasteiger partial charge in [-0.05, 0) is 42.5 Å². The van der Waals surface area contributed by atoms with Crippen LogP contribution in [-0.4, -0.2) is 11.1 Å². The van der Waals surface area contributed by atoms with E-state index in [1.165, 1.54) is 29.3 Å². The normalized spacial score (nSPS) is 11.2. The maximum absolute atomic E-state index is 3.45. The van der Waals surface area contributed by atoms with E-state index >= 15 is 0 Å². The van der Waals surface area contributed by atoms with Crippen molar-refractivity contribution in [1.29, 1.82) is 0 Å².